The third-order valence-corrected chi connectivity index (χ3v) is 3.50. The number of aromatic amines is 1. The van der Waals surface area contributed by atoms with Crippen LogP contribution in [0.3, 0.4) is 0 Å². The number of aromatic nitrogens is 2. The van der Waals surface area contributed by atoms with Crippen molar-refractivity contribution < 1.29 is 20.1 Å². The summed E-state index contributed by atoms with van der Waals surface area (Å²) >= 11 is 0. The van der Waals surface area contributed by atoms with E-state index >= 15 is 0 Å². The van der Waals surface area contributed by atoms with Gasteiger partial charge in [-0.05, 0) is 0 Å². The second-order valence-corrected chi connectivity index (χ2v) is 4.71. The van der Waals surface area contributed by atoms with Crippen molar-refractivity contribution in [2.24, 2.45) is 5.92 Å². The fourth-order valence-corrected chi connectivity index (χ4v) is 2.30. The predicted octanol–water partition coefficient (Wildman–Crippen LogP) is -2.21. The molecule has 0 aromatic carbocycles. The molecule has 0 saturated carbocycles. The van der Waals surface area contributed by atoms with Gasteiger partial charge in [-0.3, -0.25) is 14.3 Å². The number of hydrogen-bond donors (Lipinski definition) is 4. The monoisotopic (exact) mass is 272 g/mol. The van der Waals surface area contributed by atoms with E-state index in [-0.39, 0.29) is 0 Å². The summed E-state index contributed by atoms with van der Waals surface area (Å²) in [6, 6.07) is 1.15. The van der Waals surface area contributed by atoms with E-state index in [9.17, 15) is 24.9 Å². The minimum atomic E-state index is -1.51. The number of H-pyrrole nitrogens is 1. The largest absolute Gasteiger partial charge is 0.393 e. The van der Waals surface area contributed by atoms with E-state index in [0.29, 0.717) is 0 Å². The van der Waals surface area contributed by atoms with Gasteiger partial charge in [0.25, 0.3) is 5.56 Å². The average molecular weight is 272 g/mol. The molecule has 1 aliphatic rings. The van der Waals surface area contributed by atoms with Crippen molar-refractivity contribution in [3.8, 4) is 0 Å². The van der Waals surface area contributed by atoms with Crippen molar-refractivity contribution >= 4 is 0 Å². The van der Waals surface area contributed by atoms with Crippen LogP contribution in [0.1, 0.15) is 13.2 Å². The highest BCUT2D eigenvalue weighted by molar-refractivity contribution is 5.00. The van der Waals surface area contributed by atoms with Crippen LogP contribution in [0.2, 0.25) is 0 Å². The molecule has 4 N–H and O–H groups in total. The third-order valence-electron chi connectivity index (χ3n) is 3.50. The van der Waals surface area contributed by atoms with Gasteiger partial charge >= 0.3 is 5.69 Å². The lowest BCUT2D eigenvalue weighted by molar-refractivity contribution is -0.150. The van der Waals surface area contributed by atoms with E-state index in [0.717, 1.165) is 10.6 Å². The van der Waals surface area contributed by atoms with Crippen LogP contribution < -0.4 is 11.2 Å². The minimum absolute atomic E-state index is 0.539. The molecule has 19 heavy (non-hydrogen) atoms. The van der Waals surface area contributed by atoms with Crippen LogP contribution in [-0.2, 0) is 4.74 Å². The van der Waals surface area contributed by atoms with Gasteiger partial charge in [-0.15, -0.1) is 0 Å². The Bertz CT molecular complexity index is 561. The van der Waals surface area contributed by atoms with E-state index in [1.165, 1.54) is 6.20 Å². The maximum atomic E-state index is 11.7. The molecule has 106 valence electrons. The Morgan fingerprint density at radius 3 is 2.53 bits per heavy atom. The Morgan fingerprint density at radius 2 is 2.05 bits per heavy atom. The van der Waals surface area contributed by atoms with Crippen molar-refractivity contribution in [2.75, 3.05) is 13.2 Å². The molecule has 0 amide bonds. The molecule has 1 saturated heterocycles. The number of aliphatic hydroxyl groups excluding tert-OH is 3. The van der Waals surface area contributed by atoms with Crippen molar-refractivity contribution in [2.45, 2.75) is 24.9 Å². The average Bonchev–Trinajstić information content (AvgIpc) is 2.64. The molecule has 1 fully saturated rings. The van der Waals surface area contributed by atoms with Crippen LogP contribution in [0.15, 0.2) is 21.9 Å². The summed E-state index contributed by atoms with van der Waals surface area (Å²) in [5.41, 5.74) is -2.73. The van der Waals surface area contributed by atoms with Gasteiger partial charge in [0.05, 0.1) is 19.3 Å². The number of ether oxygens (including phenoxy) is 1. The first kappa shape index (κ1) is 13.9. The summed E-state index contributed by atoms with van der Waals surface area (Å²) in [6.45, 7) is 0.465. The van der Waals surface area contributed by atoms with Crippen LogP contribution in [-0.4, -0.2) is 49.8 Å². The number of nitrogens with one attached hydrogen (secondary N) is 1. The van der Waals surface area contributed by atoms with E-state index in [2.05, 4.69) is 4.98 Å². The zero-order valence-electron chi connectivity index (χ0n) is 10.3. The zero-order chi connectivity index (χ0) is 14.2. The SMILES string of the molecule is CC1C(n2ccc(=O)[nH]c2=O)OC(CO)(CO)C1O. The van der Waals surface area contributed by atoms with Crippen molar-refractivity contribution in [1.29, 1.82) is 0 Å². The predicted molar refractivity (Wildman–Crippen MR) is 63.5 cm³/mol. The Labute approximate surface area is 107 Å². The van der Waals surface area contributed by atoms with Gasteiger partial charge in [-0.25, -0.2) is 4.79 Å². The Kier molecular flexibility index (Phi) is 3.59. The molecule has 1 aromatic rings. The van der Waals surface area contributed by atoms with E-state index in [1.54, 1.807) is 6.92 Å². The van der Waals surface area contributed by atoms with Gasteiger partial charge in [0.15, 0.2) is 0 Å². The van der Waals surface area contributed by atoms with Crippen LogP contribution in [0, 0.1) is 5.92 Å². The normalized spacial score (nSPS) is 29.6. The summed E-state index contributed by atoms with van der Waals surface area (Å²) in [4.78, 5) is 24.8. The van der Waals surface area contributed by atoms with Crippen LogP contribution >= 0.6 is 0 Å². The lowest BCUT2D eigenvalue weighted by Crippen LogP contribution is -2.47. The quantitative estimate of drug-likeness (QED) is 0.494. The first-order valence-corrected chi connectivity index (χ1v) is 5.84. The first-order valence-electron chi connectivity index (χ1n) is 5.84. The highest BCUT2D eigenvalue weighted by Gasteiger charge is 2.53. The van der Waals surface area contributed by atoms with E-state index in [4.69, 9.17) is 4.74 Å². The summed E-state index contributed by atoms with van der Waals surface area (Å²) in [6.07, 6.45) is -0.759. The van der Waals surface area contributed by atoms with Gasteiger partial charge in [0.2, 0.25) is 0 Å². The van der Waals surface area contributed by atoms with Gasteiger partial charge < -0.3 is 20.1 Å². The van der Waals surface area contributed by atoms with Crippen LogP contribution in [0.4, 0.5) is 0 Å². The molecule has 1 aromatic heterocycles. The summed E-state index contributed by atoms with van der Waals surface area (Å²) < 4.78 is 6.58. The number of rotatable bonds is 3. The second-order valence-electron chi connectivity index (χ2n) is 4.71. The fraction of sp³-hybridized carbons (Fsp3) is 0.636. The fourth-order valence-electron chi connectivity index (χ4n) is 2.30. The first-order chi connectivity index (χ1) is 8.95. The smallest absolute Gasteiger partial charge is 0.330 e. The van der Waals surface area contributed by atoms with Crippen molar-refractivity contribution in [3.05, 3.63) is 33.1 Å². The maximum absolute atomic E-state index is 11.7. The van der Waals surface area contributed by atoms with Gasteiger partial charge in [0, 0.05) is 18.2 Å². The number of hydrogen-bond acceptors (Lipinski definition) is 6. The van der Waals surface area contributed by atoms with Crippen LogP contribution in [0.25, 0.3) is 0 Å². The Morgan fingerprint density at radius 1 is 1.42 bits per heavy atom. The van der Waals surface area contributed by atoms with Gasteiger partial charge in [-0.1, -0.05) is 6.92 Å². The topological polar surface area (TPSA) is 125 Å². The summed E-state index contributed by atoms with van der Waals surface area (Å²) in [5, 5.41) is 28.6. The molecule has 0 spiro atoms. The maximum Gasteiger partial charge on any atom is 0.330 e. The molecule has 2 rings (SSSR count). The molecule has 3 unspecified atom stereocenters. The summed E-state index contributed by atoms with van der Waals surface area (Å²) in [5.74, 6) is -0.539. The van der Waals surface area contributed by atoms with E-state index in [1.807, 2.05) is 0 Å². The lowest BCUT2D eigenvalue weighted by Gasteiger charge is -2.27. The van der Waals surface area contributed by atoms with E-state index < -0.39 is 48.3 Å². The molecule has 0 aliphatic carbocycles. The van der Waals surface area contributed by atoms with Gasteiger partial charge in [-0.2, -0.15) is 0 Å². The van der Waals surface area contributed by atoms with Gasteiger partial charge in [0.1, 0.15) is 11.8 Å². The van der Waals surface area contributed by atoms with Crippen LogP contribution in [0.5, 0.6) is 0 Å². The second kappa shape index (κ2) is 4.89. The highest BCUT2D eigenvalue weighted by Crippen LogP contribution is 2.40. The molecule has 0 bridgehead atoms. The molecule has 3 atom stereocenters. The number of nitrogens with zero attached hydrogens (tertiary/aromatic N) is 1. The molecular weight excluding hydrogens is 256 g/mol. The Balaban J connectivity index is 2.42. The minimum Gasteiger partial charge on any atom is -0.393 e. The highest BCUT2D eigenvalue weighted by atomic mass is 16.6. The number of aliphatic hydroxyl groups is 3. The molecule has 8 heteroatoms. The molecule has 2 heterocycles. The molecule has 0 radical (unpaired) electrons. The lowest BCUT2D eigenvalue weighted by atomic mass is 9.92. The Hall–Kier alpha value is -1.48. The third kappa shape index (κ3) is 2.12. The van der Waals surface area contributed by atoms with Crippen molar-refractivity contribution in [1.82, 2.24) is 9.55 Å². The molecular formula is C11H16N2O6. The molecule has 8 nitrogen and oxygen atoms in total. The standard InChI is InChI=1S/C11H16N2O6/c1-6-8(17)11(4-14,5-15)19-9(6)13-3-2-7(16)12-10(13)18/h2-3,6,8-9,14-15,17H,4-5H2,1H3,(H,12,16,18). The zero-order valence-corrected chi connectivity index (χ0v) is 10.3. The molecule has 1 aliphatic heterocycles. The summed E-state index contributed by atoms with van der Waals surface area (Å²) in [7, 11) is 0. The van der Waals surface area contributed by atoms with Crippen molar-refractivity contribution in [3.63, 3.8) is 0 Å².